The number of aromatic nitrogens is 3. The van der Waals surface area contributed by atoms with Crippen molar-refractivity contribution in [2.24, 2.45) is 0 Å². The van der Waals surface area contributed by atoms with Gasteiger partial charge in [0.15, 0.2) is 0 Å². The summed E-state index contributed by atoms with van der Waals surface area (Å²) in [5, 5.41) is 3.50. The number of nitrogens with one attached hydrogen (secondary N) is 1. The van der Waals surface area contributed by atoms with Crippen LogP contribution in [-0.2, 0) is 16.2 Å². The number of alkyl halides is 3. The molecule has 38 heavy (non-hydrogen) atoms. The molecular weight excluding hydrogens is 537 g/mol. The lowest BCUT2D eigenvalue weighted by Gasteiger charge is -2.35. The fraction of sp³-hybridized carbons (Fsp3) is 0.320. The van der Waals surface area contributed by atoms with Crippen LogP contribution in [0.15, 0.2) is 65.3 Å². The lowest BCUT2D eigenvalue weighted by atomic mass is 10.1. The summed E-state index contributed by atoms with van der Waals surface area (Å²) >= 11 is 1.20. The van der Waals surface area contributed by atoms with Crippen LogP contribution in [0.25, 0.3) is 21.5 Å². The number of hydrogen-bond acceptors (Lipinski definition) is 8. The van der Waals surface area contributed by atoms with Crippen LogP contribution in [0.2, 0.25) is 0 Å². The second kappa shape index (κ2) is 10.6. The molecule has 0 amide bonds. The molecule has 4 heterocycles. The van der Waals surface area contributed by atoms with E-state index in [1.807, 2.05) is 25.1 Å². The van der Waals surface area contributed by atoms with E-state index in [4.69, 9.17) is 0 Å². The Morgan fingerprint density at radius 3 is 2.50 bits per heavy atom. The topological polar surface area (TPSA) is 91.3 Å². The van der Waals surface area contributed by atoms with Gasteiger partial charge in [-0.1, -0.05) is 12.1 Å². The summed E-state index contributed by atoms with van der Waals surface area (Å²) in [4.78, 5) is 15.2. The van der Waals surface area contributed by atoms with Gasteiger partial charge < -0.3 is 5.32 Å². The quantitative estimate of drug-likeness (QED) is 0.353. The third-order valence-electron chi connectivity index (χ3n) is 6.31. The molecule has 1 saturated heterocycles. The van der Waals surface area contributed by atoms with Crippen molar-refractivity contribution in [2.45, 2.75) is 23.4 Å². The molecule has 0 radical (unpaired) electrons. The van der Waals surface area contributed by atoms with Crippen LogP contribution in [0, 0.1) is 0 Å². The first-order chi connectivity index (χ1) is 18.1. The Kier molecular flexibility index (Phi) is 7.36. The van der Waals surface area contributed by atoms with Crippen LogP contribution in [0.3, 0.4) is 0 Å². The van der Waals surface area contributed by atoms with Gasteiger partial charge in [0.25, 0.3) is 10.0 Å². The molecule has 5 rings (SSSR count). The first kappa shape index (κ1) is 26.5. The fourth-order valence-electron chi connectivity index (χ4n) is 4.48. The highest BCUT2D eigenvalue weighted by atomic mass is 32.2. The maximum atomic E-state index is 13.4. The fourth-order valence-corrected chi connectivity index (χ4v) is 7.34. The Bertz CT molecular complexity index is 1520. The minimum atomic E-state index is -4.51. The first-order valence-corrected chi connectivity index (χ1v) is 14.2. The van der Waals surface area contributed by atoms with Crippen molar-refractivity contribution in [3.63, 3.8) is 0 Å². The summed E-state index contributed by atoms with van der Waals surface area (Å²) < 4.78 is 68.4. The second-order valence-corrected chi connectivity index (χ2v) is 12.3. The van der Waals surface area contributed by atoms with Crippen molar-refractivity contribution in [1.82, 2.24) is 24.2 Å². The molecule has 200 valence electrons. The first-order valence-electron chi connectivity index (χ1n) is 11.9. The number of anilines is 1. The van der Waals surface area contributed by atoms with Gasteiger partial charge in [0.2, 0.25) is 0 Å². The average molecular weight is 563 g/mol. The number of rotatable bonds is 7. The van der Waals surface area contributed by atoms with E-state index < -0.39 is 21.8 Å². The molecule has 3 aromatic heterocycles. The molecule has 8 nitrogen and oxygen atoms in total. The largest absolute Gasteiger partial charge is 0.418 e. The maximum Gasteiger partial charge on any atom is 0.418 e. The van der Waals surface area contributed by atoms with Crippen molar-refractivity contribution in [1.29, 1.82) is 0 Å². The van der Waals surface area contributed by atoms with Crippen molar-refractivity contribution in [3.8, 4) is 10.6 Å². The molecule has 0 bridgehead atoms. The van der Waals surface area contributed by atoms with Crippen molar-refractivity contribution in [2.75, 3.05) is 38.0 Å². The summed E-state index contributed by atoms with van der Waals surface area (Å²) in [5.74, 6) is 0.330. The Morgan fingerprint density at radius 1 is 1.00 bits per heavy atom. The number of piperazine rings is 1. The van der Waals surface area contributed by atoms with E-state index >= 15 is 0 Å². The van der Waals surface area contributed by atoms with E-state index in [9.17, 15) is 21.6 Å². The molecule has 1 aromatic carbocycles. The van der Waals surface area contributed by atoms with Gasteiger partial charge in [-0.15, -0.1) is 11.3 Å². The van der Waals surface area contributed by atoms with Crippen LogP contribution in [0.4, 0.5) is 19.0 Å². The molecule has 0 saturated carbocycles. The number of thiophene rings is 1. The third kappa shape index (κ3) is 5.51. The van der Waals surface area contributed by atoms with E-state index in [1.165, 1.54) is 21.7 Å². The van der Waals surface area contributed by atoms with Crippen LogP contribution < -0.4 is 5.32 Å². The van der Waals surface area contributed by atoms with Gasteiger partial charge >= 0.3 is 6.18 Å². The number of halogens is 3. The van der Waals surface area contributed by atoms with E-state index in [1.54, 1.807) is 24.4 Å². The van der Waals surface area contributed by atoms with E-state index in [-0.39, 0.29) is 15.8 Å². The highest BCUT2D eigenvalue weighted by molar-refractivity contribution is 7.91. The Labute approximate surface area is 222 Å². The standard InChI is InChI=1S/C25H25F3N6O2S2/c1-17(32-24-18-5-4-6-19(25(26,27)28)23(18)30-16-31-24)15-33-11-13-34(14-12-33)38(35,36)22-9-8-21(37-22)20-7-2-3-10-29-20/h2-10,16-17H,11-15H2,1H3,(H,30,31,32). The van der Waals surface area contributed by atoms with Gasteiger partial charge in [0.1, 0.15) is 16.4 Å². The number of nitrogens with zero attached hydrogens (tertiary/aromatic N) is 5. The van der Waals surface area contributed by atoms with Gasteiger partial charge in [0, 0.05) is 50.3 Å². The maximum absolute atomic E-state index is 13.4. The Balaban J connectivity index is 1.21. The normalized spacial score (nSPS) is 16.5. The zero-order valence-corrected chi connectivity index (χ0v) is 22.0. The zero-order valence-electron chi connectivity index (χ0n) is 20.4. The minimum Gasteiger partial charge on any atom is -0.366 e. The smallest absolute Gasteiger partial charge is 0.366 e. The zero-order chi connectivity index (χ0) is 26.9. The number of fused-ring (bicyclic) bond motifs is 1. The number of hydrogen-bond donors (Lipinski definition) is 1. The van der Waals surface area contributed by atoms with Gasteiger partial charge in [-0.25, -0.2) is 18.4 Å². The van der Waals surface area contributed by atoms with Crippen molar-refractivity contribution in [3.05, 3.63) is 66.6 Å². The molecule has 1 fully saturated rings. The molecule has 1 N–H and O–H groups in total. The summed E-state index contributed by atoms with van der Waals surface area (Å²) in [7, 11) is -3.62. The highest BCUT2D eigenvalue weighted by Crippen LogP contribution is 2.35. The molecule has 0 spiro atoms. The predicted octanol–water partition coefficient (Wildman–Crippen LogP) is 4.58. The predicted molar refractivity (Wildman–Crippen MR) is 140 cm³/mol. The number of para-hydroxylation sites is 1. The lowest BCUT2D eigenvalue weighted by molar-refractivity contribution is -0.136. The van der Waals surface area contributed by atoms with E-state index in [0.717, 1.165) is 23.0 Å². The van der Waals surface area contributed by atoms with E-state index in [0.29, 0.717) is 43.9 Å². The van der Waals surface area contributed by atoms with Gasteiger partial charge in [-0.3, -0.25) is 9.88 Å². The van der Waals surface area contributed by atoms with Crippen molar-refractivity contribution < 1.29 is 21.6 Å². The summed E-state index contributed by atoms with van der Waals surface area (Å²) in [6.45, 7) is 4.24. The number of pyridine rings is 1. The minimum absolute atomic E-state index is 0.149. The highest BCUT2D eigenvalue weighted by Gasteiger charge is 2.34. The SMILES string of the molecule is CC(CN1CCN(S(=O)(=O)c2ccc(-c3ccccn3)s2)CC1)Nc1ncnc2c(C(F)(F)F)cccc12. The Hall–Kier alpha value is -3.13. The lowest BCUT2D eigenvalue weighted by Crippen LogP contribution is -2.50. The van der Waals surface area contributed by atoms with Crippen molar-refractivity contribution >= 4 is 38.1 Å². The second-order valence-electron chi connectivity index (χ2n) is 9.01. The summed E-state index contributed by atoms with van der Waals surface area (Å²) in [5.41, 5.74) is -0.219. The number of sulfonamides is 1. The molecule has 1 aliphatic rings. The van der Waals surface area contributed by atoms with Gasteiger partial charge in [0.05, 0.1) is 21.7 Å². The Morgan fingerprint density at radius 2 is 1.79 bits per heavy atom. The van der Waals surface area contributed by atoms with Crippen LogP contribution in [0.5, 0.6) is 0 Å². The molecule has 4 aromatic rings. The van der Waals surface area contributed by atoms with Gasteiger partial charge in [-0.2, -0.15) is 17.5 Å². The van der Waals surface area contributed by atoms with Crippen LogP contribution in [0.1, 0.15) is 12.5 Å². The summed E-state index contributed by atoms with van der Waals surface area (Å²) in [6.07, 6.45) is -1.72. The monoisotopic (exact) mass is 562 g/mol. The average Bonchev–Trinajstić information content (AvgIpc) is 3.40. The molecular formula is C25H25F3N6O2S2. The van der Waals surface area contributed by atoms with E-state index in [2.05, 4.69) is 25.2 Å². The third-order valence-corrected chi connectivity index (χ3v) is 9.78. The molecule has 0 aliphatic carbocycles. The molecule has 1 atom stereocenters. The van der Waals surface area contributed by atoms with Crippen LogP contribution in [-0.4, -0.2) is 71.3 Å². The van der Waals surface area contributed by atoms with Crippen LogP contribution >= 0.6 is 11.3 Å². The molecule has 13 heteroatoms. The summed E-state index contributed by atoms with van der Waals surface area (Å²) in [6, 6.07) is 12.7. The molecule has 1 unspecified atom stereocenters. The van der Waals surface area contributed by atoms with Gasteiger partial charge in [-0.05, 0) is 43.3 Å². The number of benzene rings is 1. The molecule has 1 aliphatic heterocycles.